The first-order valence-electron chi connectivity index (χ1n) is 9.81. The SMILES string of the molecule is COc1ccc(C(=O)Nc2cnn3c2C(=O)N(c2ccc(C(F)(F)F)cc2)C[C@@H]3C)cc1F.S. The Kier molecular flexibility index (Phi) is 6.92. The average Bonchev–Trinajstić information content (AvgIpc) is 3.20. The third kappa shape index (κ3) is 4.58. The van der Waals surface area contributed by atoms with Crippen molar-refractivity contribution in [2.45, 2.75) is 19.1 Å². The molecule has 0 spiro atoms. The minimum Gasteiger partial charge on any atom is -0.494 e. The molecular formula is C22H20F4N4O3S. The molecule has 7 nitrogen and oxygen atoms in total. The van der Waals surface area contributed by atoms with E-state index in [9.17, 15) is 27.2 Å². The van der Waals surface area contributed by atoms with Crippen LogP contribution < -0.4 is 15.0 Å². The van der Waals surface area contributed by atoms with Gasteiger partial charge in [-0.3, -0.25) is 14.3 Å². The number of methoxy groups -OCH3 is 1. The third-order valence-corrected chi connectivity index (χ3v) is 5.28. The maximum Gasteiger partial charge on any atom is 0.416 e. The fourth-order valence-corrected chi connectivity index (χ4v) is 3.61. The Morgan fingerprint density at radius 2 is 1.85 bits per heavy atom. The minimum absolute atomic E-state index is 0. The molecule has 1 aliphatic heterocycles. The molecule has 0 radical (unpaired) electrons. The first kappa shape index (κ1) is 25.1. The molecule has 34 heavy (non-hydrogen) atoms. The molecule has 4 rings (SSSR count). The number of hydrogen-bond acceptors (Lipinski definition) is 4. The van der Waals surface area contributed by atoms with Crippen LogP contribution in [0.5, 0.6) is 5.75 Å². The van der Waals surface area contributed by atoms with Crippen molar-refractivity contribution in [2.24, 2.45) is 0 Å². The van der Waals surface area contributed by atoms with E-state index in [-0.39, 0.29) is 54.5 Å². The van der Waals surface area contributed by atoms with Crippen molar-refractivity contribution < 1.29 is 31.9 Å². The van der Waals surface area contributed by atoms with Gasteiger partial charge in [0, 0.05) is 17.8 Å². The molecular weight excluding hydrogens is 476 g/mol. The van der Waals surface area contributed by atoms with Crippen LogP contribution in [0.1, 0.15) is 39.4 Å². The summed E-state index contributed by atoms with van der Waals surface area (Å²) in [4.78, 5) is 27.2. The Balaban J connectivity index is 0.00000324. The summed E-state index contributed by atoms with van der Waals surface area (Å²) in [6, 6.07) is 7.60. The smallest absolute Gasteiger partial charge is 0.416 e. The second-order valence-electron chi connectivity index (χ2n) is 7.46. The largest absolute Gasteiger partial charge is 0.494 e. The van der Waals surface area contributed by atoms with Gasteiger partial charge in [-0.1, -0.05) is 0 Å². The first-order chi connectivity index (χ1) is 15.6. The van der Waals surface area contributed by atoms with Crippen LogP contribution in [0.3, 0.4) is 0 Å². The lowest BCUT2D eigenvalue weighted by atomic mass is 10.1. The van der Waals surface area contributed by atoms with Crippen molar-refractivity contribution in [3.63, 3.8) is 0 Å². The normalized spacial score (nSPS) is 15.4. The molecule has 1 N–H and O–H groups in total. The summed E-state index contributed by atoms with van der Waals surface area (Å²) in [5.41, 5.74) is -0.375. The molecule has 12 heteroatoms. The highest BCUT2D eigenvalue weighted by Crippen LogP contribution is 2.33. The summed E-state index contributed by atoms with van der Waals surface area (Å²) >= 11 is 0. The third-order valence-electron chi connectivity index (χ3n) is 5.28. The molecule has 0 fully saturated rings. The molecule has 3 aromatic rings. The number of anilines is 2. The Hall–Kier alpha value is -3.54. The van der Waals surface area contributed by atoms with Gasteiger partial charge >= 0.3 is 6.18 Å². The van der Waals surface area contributed by atoms with Crippen molar-refractivity contribution in [3.05, 3.63) is 71.3 Å². The number of nitrogens with zero attached hydrogens (tertiary/aromatic N) is 3. The van der Waals surface area contributed by atoms with Crippen LogP contribution in [-0.4, -0.2) is 35.2 Å². The fraction of sp³-hybridized carbons (Fsp3) is 0.227. The lowest BCUT2D eigenvalue weighted by Crippen LogP contribution is -2.43. The summed E-state index contributed by atoms with van der Waals surface area (Å²) in [6.07, 6.45) is -3.19. The second kappa shape index (κ2) is 9.37. The van der Waals surface area contributed by atoms with Crippen LogP contribution in [0.25, 0.3) is 0 Å². The van der Waals surface area contributed by atoms with E-state index in [0.717, 1.165) is 18.2 Å². The second-order valence-corrected chi connectivity index (χ2v) is 7.46. The highest BCUT2D eigenvalue weighted by Gasteiger charge is 2.35. The quantitative estimate of drug-likeness (QED) is 0.534. The maximum atomic E-state index is 14.0. The number of nitrogens with one attached hydrogen (secondary N) is 1. The van der Waals surface area contributed by atoms with Crippen LogP contribution in [0, 0.1) is 5.82 Å². The van der Waals surface area contributed by atoms with Gasteiger partial charge in [0.1, 0.15) is 0 Å². The molecule has 1 atom stereocenters. The van der Waals surface area contributed by atoms with Crippen molar-refractivity contribution in [3.8, 4) is 5.75 Å². The highest BCUT2D eigenvalue weighted by atomic mass is 32.1. The molecule has 180 valence electrons. The van der Waals surface area contributed by atoms with E-state index in [1.165, 1.54) is 47.2 Å². The molecule has 2 amide bonds. The van der Waals surface area contributed by atoms with E-state index >= 15 is 0 Å². The van der Waals surface area contributed by atoms with Crippen LogP contribution in [0.2, 0.25) is 0 Å². The predicted molar refractivity (Wildman–Crippen MR) is 121 cm³/mol. The summed E-state index contributed by atoms with van der Waals surface area (Å²) in [5, 5.41) is 6.72. The Morgan fingerprint density at radius 3 is 2.44 bits per heavy atom. The summed E-state index contributed by atoms with van der Waals surface area (Å²) < 4.78 is 58.9. The Morgan fingerprint density at radius 1 is 1.18 bits per heavy atom. The zero-order chi connectivity index (χ0) is 23.9. The van der Waals surface area contributed by atoms with Crippen LogP contribution in [0.15, 0.2) is 48.7 Å². The molecule has 1 aromatic heterocycles. The van der Waals surface area contributed by atoms with Crippen LogP contribution in [-0.2, 0) is 6.18 Å². The van der Waals surface area contributed by atoms with Gasteiger partial charge < -0.3 is 15.0 Å². The number of ether oxygens (including phenoxy) is 1. The molecule has 0 bridgehead atoms. The topological polar surface area (TPSA) is 76.5 Å². The van der Waals surface area contributed by atoms with E-state index in [0.29, 0.717) is 0 Å². The number of carbonyl (C=O) groups excluding carboxylic acids is 2. The molecule has 2 heterocycles. The van der Waals surface area contributed by atoms with Crippen molar-refractivity contribution >= 4 is 36.7 Å². The van der Waals surface area contributed by atoms with Gasteiger partial charge in [-0.15, -0.1) is 0 Å². The van der Waals surface area contributed by atoms with Crippen LogP contribution in [0.4, 0.5) is 28.9 Å². The van der Waals surface area contributed by atoms with Gasteiger partial charge in [0.05, 0.1) is 30.6 Å². The number of amides is 2. The summed E-state index contributed by atoms with van der Waals surface area (Å²) in [6.45, 7) is 1.96. The van der Waals surface area contributed by atoms with Gasteiger partial charge in [0.15, 0.2) is 17.3 Å². The van der Waals surface area contributed by atoms with Crippen molar-refractivity contribution in [1.82, 2.24) is 9.78 Å². The van der Waals surface area contributed by atoms with E-state index in [1.54, 1.807) is 6.92 Å². The highest BCUT2D eigenvalue weighted by molar-refractivity contribution is 7.59. The summed E-state index contributed by atoms with van der Waals surface area (Å²) in [5.74, 6) is -1.95. The van der Waals surface area contributed by atoms with E-state index < -0.39 is 29.4 Å². The molecule has 0 aliphatic carbocycles. The molecule has 0 unspecified atom stereocenters. The number of aromatic nitrogens is 2. The van der Waals surface area contributed by atoms with E-state index in [1.807, 2.05) is 0 Å². The van der Waals surface area contributed by atoms with Gasteiger partial charge in [-0.25, -0.2) is 4.39 Å². The number of rotatable bonds is 4. The summed E-state index contributed by atoms with van der Waals surface area (Å²) in [7, 11) is 1.30. The number of fused-ring (bicyclic) bond motifs is 1. The first-order valence-corrected chi connectivity index (χ1v) is 9.81. The Bertz CT molecular complexity index is 1230. The number of hydrogen-bond donors (Lipinski definition) is 1. The van der Waals surface area contributed by atoms with Crippen molar-refractivity contribution in [1.29, 1.82) is 0 Å². The van der Waals surface area contributed by atoms with E-state index in [2.05, 4.69) is 10.4 Å². The molecule has 1 aliphatic rings. The zero-order valence-corrected chi connectivity index (χ0v) is 19.0. The lowest BCUT2D eigenvalue weighted by Gasteiger charge is -2.32. The fourth-order valence-electron chi connectivity index (χ4n) is 3.61. The zero-order valence-electron chi connectivity index (χ0n) is 18.0. The number of halogens is 4. The predicted octanol–water partition coefficient (Wildman–Crippen LogP) is 4.64. The maximum absolute atomic E-state index is 14.0. The van der Waals surface area contributed by atoms with Crippen molar-refractivity contribution in [2.75, 3.05) is 23.9 Å². The average molecular weight is 496 g/mol. The van der Waals surface area contributed by atoms with E-state index in [4.69, 9.17) is 4.74 Å². The minimum atomic E-state index is -4.49. The monoisotopic (exact) mass is 496 g/mol. The van der Waals surface area contributed by atoms with Gasteiger partial charge in [0.25, 0.3) is 11.8 Å². The Labute approximate surface area is 198 Å². The molecule has 0 saturated carbocycles. The van der Waals surface area contributed by atoms with Crippen LogP contribution >= 0.6 is 13.5 Å². The standard InChI is InChI=1S/C22H18F4N4O3.H2S/c1-12-11-29(15-6-4-14(5-7-15)22(24,25)26)21(32)19-17(10-27-30(12)19)28-20(31)13-3-8-18(33-2)16(23)9-13;/h3-10,12H,11H2,1-2H3,(H,28,31);1H2/t12-;/m0./s1. The van der Waals surface area contributed by atoms with Gasteiger partial charge in [0.2, 0.25) is 0 Å². The lowest BCUT2D eigenvalue weighted by molar-refractivity contribution is -0.137. The van der Waals surface area contributed by atoms with Gasteiger partial charge in [-0.2, -0.15) is 31.8 Å². The number of carbonyl (C=O) groups is 2. The molecule has 0 saturated heterocycles. The number of benzene rings is 2. The number of alkyl halides is 3. The van der Waals surface area contributed by atoms with Gasteiger partial charge in [-0.05, 0) is 49.4 Å². The molecule has 2 aromatic carbocycles.